The van der Waals surface area contributed by atoms with Crippen LogP contribution in [0.15, 0.2) is 24.3 Å². The number of carbonyl (C=O) groups excluding carboxylic acids is 1. The van der Waals surface area contributed by atoms with Gasteiger partial charge in [0.2, 0.25) is 5.91 Å². The Morgan fingerprint density at radius 2 is 2.05 bits per heavy atom. The van der Waals surface area contributed by atoms with E-state index in [9.17, 15) is 4.79 Å². The Labute approximate surface area is 127 Å². The van der Waals surface area contributed by atoms with Crippen LogP contribution in [0, 0.1) is 0 Å². The summed E-state index contributed by atoms with van der Waals surface area (Å²) < 4.78 is 5.37. The first kappa shape index (κ1) is 15.8. The SMILES string of the molecule is COc1ccccc1CN(C)[C@@H](C)C(=O)NC1CCCC1. The lowest BCUT2D eigenvalue weighted by molar-refractivity contribution is -0.126. The number of hydrogen-bond donors (Lipinski definition) is 1. The zero-order valence-corrected chi connectivity index (χ0v) is 13.3. The fraction of sp³-hybridized carbons (Fsp3) is 0.588. The molecule has 1 N–H and O–H groups in total. The molecular formula is C17H26N2O2. The Balaban J connectivity index is 1.92. The molecule has 0 radical (unpaired) electrons. The van der Waals surface area contributed by atoms with E-state index >= 15 is 0 Å². The molecule has 116 valence electrons. The van der Waals surface area contributed by atoms with E-state index < -0.39 is 0 Å². The lowest BCUT2D eigenvalue weighted by Gasteiger charge is -2.26. The summed E-state index contributed by atoms with van der Waals surface area (Å²) in [6, 6.07) is 8.17. The molecule has 4 heteroatoms. The van der Waals surface area contributed by atoms with Gasteiger partial charge in [0, 0.05) is 18.2 Å². The highest BCUT2D eigenvalue weighted by atomic mass is 16.5. The highest BCUT2D eigenvalue weighted by Crippen LogP contribution is 2.20. The normalized spacial score (nSPS) is 17.0. The quantitative estimate of drug-likeness (QED) is 0.875. The second-order valence-electron chi connectivity index (χ2n) is 5.89. The van der Waals surface area contributed by atoms with Gasteiger partial charge in [-0.15, -0.1) is 0 Å². The molecule has 0 heterocycles. The summed E-state index contributed by atoms with van der Waals surface area (Å²) in [4.78, 5) is 14.4. The van der Waals surface area contributed by atoms with Crippen LogP contribution in [0.2, 0.25) is 0 Å². The van der Waals surface area contributed by atoms with E-state index in [2.05, 4.69) is 10.2 Å². The first-order valence-corrected chi connectivity index (χ1v) is 7.74. The number of ether oxygens (including phenoxy) is 1. The van der Waals surface area contributed by atoms with Gasteiger partial charge in [0.15, 0.2) is 0 Å². The van der Waals surface area contributed by atoms with Crippen molar-refractivity contribution in [2.24, 2.45) is 0 Å². The molecule has 1 aromatic carbocycles. The van der Waals surface area contributed by atoms with Crippen molar-refractivity contribution >= 4 is 5.91 Å². The maximum Gasteiger partial charge on any atom is 0.237 e. The molecule has 1 aliphatic carbocycles. The fourth-order valence-electron chi connectivity index (χ4n) is 2.83. The van der Waals surface area contributed by atoms with Crippen molar-refractivity contribution in [1.29, 1.82) is 0 Å². The molecule has 1 atom stereocenters. The summed E-state index contributed by atoms with van der Waals surface area (Å²) in [5.41, 5.74) is 1.10. The number of likely N-dealkylation sites (N-methyl/N-ethyl adjacent to an activating group) is 1. The number of para-hydroxylation sites is 1. The lowest BCUT2D eigenvalue weighted by atomic mass is 10.1. The van der Waals surface area contributed by atoms with E-state index in [1.54, 1.807) is 7.11 Å². The molecule has 1 saturated carbocycles. The van der Waals surface area contributed by atoms with Crippen molar-refractivity contribution < 1.29 is 9.53 Å². The molecule has 0 unspecified atom stereocenters. The van der Waals surface area contributed by atoms with Crippen molar-refractivity contribution in [3.63, 3.8) is 0 Å². The van der Waals surface area contributed by atoms with Gasteiger partial charge in [-0.1, -0.05) is 31.0 Å². The Morgan fingerprint density at radius 3 is 2.71 bits per heavy atom. The van der Waals surface area contributed by atoms with Gasteiger partial charge in [-0.3, -0.25) is 9.69 Å². The van der Waals surface area contributed by atoms with E-state index in [1.807, 2.05) is 38.2 Å². The predicted molar refractivity (Wildman–Crippen MR) is 84.3 cm³/mol. The minimum Gasteiger partial charge on any atom is -0.496 e. The summed E-state index contributed by atoms with van der Waals surface area (Å²) in [5.74, 6) is 0.993. The smallest absolute Gasteiger partial charge is 0.237 e. The van der Waals surface area contributed by atoms with Crippen LogP contribution in [0.25, 0.3) is 0 Å². The van der Waals surface area contributed by atoms with Gasteiger partial charge in [-0.2, -0.15) is 0 Å². The van der Waals surface area contributed by atoms with Gasteiger partial charge in [0.25, 0.3) is 0 Å². The number of nitrogens with zero attached hydrogens (tertiary/aromatic N) is 1. The Kier molecular flexibility index (Phi) is 5.62. The molecule has 1 aromatic rings. The molecular weight excluding hydrogens is 264 g/mol. The number of rotatable bonds is 6. The van der Waals surface area contributed by atoms with E-state index in [1.165, 1.54) is 12.8 Å². The third-order valence-electron chi connectivity index (χ3n) is 4.35. The fourth-order valence-corrected chi connectivity index (χ4v) is 2.83. The first-order valence-electron chi connectivity index (χ1n) is 7.74. The summed E-state index contributed by atoms with van der Waals surface area (Å²) in [5, 5.41) is 3.16. The minimum absolute atomic E-state index is 0.124. The minimum atomic E-state index is -0.143. The second-order valence-corrected chi connectivity index (χ2v) is 5.89. The van der Waals surface area contributed by atoms with Crippen LogP contribution in [0.5, 0.6) is 5.75 Å². The van der Waals surface area contributed by atoms with Gasteiger partial charge in [0.1, 0.15) is 5.75 Å². The van der Waals surface area contributed by atoms with Gasteiger partial charge >= 0.3 is 0 Å². The highest BCUT2D eigenvalue weighted by molar-refractivity contribution is 5.81. The third-order valence-corrected chi connectivity index (χ3v) is 4.35. The van der Waals surface area contributed by atoms with Crippen molar-refractivity contribution in [2.75, 3.05) is 14.2 Å². The van der Waals surface area contributed by atoms with E-state index in [0.29, 0.717) is 12.6 Å². The van der Waals surface area contributed by atoms with Crippen LogP contribution >= 0.6 is 0 Å². The summed E-state index contributed by atoms with van der Waals surface area (Å²) >= 11 is 0. The molecule has 0 spiro atoms. The van der Waals surface area contributed by atoms with Crippen LogP contribution < -0.4 is 10.1 Å². The van der Waals surface area contributed by atoms with E-state index in [4.69, 9.17) is 4.74 Å². The van der Waals surface area contributed by atoms with Crippen LogP contribution in [-0.2, 0) is 11.3 Å². The number of nitrogens with one attached hydrogen (secondary N) is 1. The molecule has 0 bridgehead atoms. The maximum absolute atomic E-state index is 12.3. The standard InChI is InChI=1S/C17H26N2O2/c1-13(17(20)18-15-9-5-6-10-15)19(2)12-14-8-4-7-11-16(14)21-3/h4,7-8,11,13,15H,5-6,9-10,12H2,1-3H3,(H,18,20)/t13-/m0/s1. The Bertz CT molecular complexity index is 470. The van der Waals surface area contributed by atoms with Crippen LogP contribution in [0.4, 0.5) is 0 Å². The number of benzene rings is 1. The number of carbonyl (C=O) groups is 1. The zero-order valence-electron chi connectivity index (χ0n) is 13.3. The molecule has 1 fully saturated rings. The summed E-state index contributed by atoms with van der Waals surface area (Å²) in [6.07, 6.45) is 4.70. The first-order chi connectivity index (χ1) is 10.1. The highest BCUT2D eigenvalue weighted by Gasteiger charge is 2.23. The summed E-state index contributed by atoms with van der Waals surface area (Å²) in [6.45, 7) is 2.66. The van der Waals surface area contributed by atoms with Crippen molar-refractivity contribution in [1.82, 2.24) is 10.2 Å². The van der Waals surface area contributed by atoms with Gasteiger partial charge in [0.05, 0.1) is 13.2 Å². The Morgan fingerprint density at radius 1 is 1.38 bits per heavy atom. The third kappa shape index (κ3) is 4.21. The molecule has 2 rings (SSSR count). The molecule has 1 amide bonds. The van der Waals surface area contributed by atoms with Crippen LogP contribution in [-0.4, -0.2) is 37.0 Å². The topological polar surface area (TPSA) is 41.6 Å². The monoisotopic (exact) mass is 290 g/mol. The maximum atomic E-state index is 12.3. The molecule has 0 aliphatic heterocycles. The molecule has 0 saturated heterocycles. The van der Waals surface area contributed by atoms with Gasteiger partial charge < -0.3 is 10.1 Å². The van der Waals surface area contributed by atoms with Crippen molar-refractivity contribution in [2.45, 2.75) is 51.2 Å². The molecule has 0 aromatic heterocycles. The van der Waals surface area contributed by atoms with Gasteiger partial charge in [-0.05, 0) is 32.9 Å². The van der Waals surface area contributed by atoms with Crippen LogP contribution in [0.3, 0.4) is 0 Å². The second kappa shape index (κ2) is 7.46. The van der Waals surface area contributed by atoms with Crippen LogP contribution in [0.1, 0.15) is 38.2 Å². The average molecular weight is 290 g/mol. The largest absolute Gasteiger partial charge is 0.496 e. The number of amides is 1. The predicted octanol–water partition coefficient (Wildman–Crippen LogP) is 2.57. The van der Waals surface area contributed by atoms with Gasteiger partial charge in [-0.25, -0.2) is 0 Å². The van der Waals surface area contributed by atoms with E-state index in [0.717, 1.165) is 24.2 Å². The van der Waals surface area contributed by atoms with E-state index in [-0.39, 0.29) is 11.9 Å². The molecule has 21 heavy (non-hydrogen) atoms. The lowest BCUT2D eigenvalue weighted by Crippen LogP contribution is -2.46. The molecule has 1 aliphatic rings. The number of hydrogen-bond acceptors (Lipinski definition) is 3. The average Bonchev–Trinajstić information content (AvgIpc) is 2.99. The summed E-state index contributed by atoms with van der Waals surface area (Å²) in [7, 11) is 3.65. The number of methoxy groups -OCH3 is 1. The Hall–Kier alpha value is -1.55. The van der Waals surface area contributed by atoms with Crippen molar-refractivity contribution in [3.8, 4) is 5.75 Å². The zero-order chi connectivity index (χ0) is 15.2. The molecule has 4 nitrogen and oxygen atoms in total. The van der Waals surface area contributed by atoms with Crippen molar-refractivity contribution in [3.05, 3.63) is 29.8 Å².